The normalized spacial score (nSPS) is 28.0. The summed E-state index contributed by atoms with van der Waals surface area (Å²) in [7, 11) is 1.82. The Hall–Kier alpha value is -1.23. The van der Waals surface area contributed by atoms with E-state index in [1.54, 1.807) is 4.68 Å². The Kier molecular flexibility index (Phi) is 2.33. The van der Waals surface area contributed by atoms with Crippen LogP contribution in [0.15, 0.2) is 6.20 Å². The molecule has 0 unspecified atom stereocenters. The van der Waals surface area contributed by atoms with Gasteiger partial charge in [0.1, 0.15) is 11.5 Å². The molecule has 2 atom stereocenters. The van der Waals surface area contributed by atoms with Crippen molar-refractivity contribution in [1.29, 1.82) is 0 Å². The molecule has 78 valence electrons. The third kappa shape index (κ3) is 1.82. The number of ketones is 1. The Morgan fingerprint density at radius 1 is 1.64 bits per heavy atom. The first-order valence-electron chi connectivity index (χ1n) is 4.79. The summed E-state index contributed by atoms with van der Waals surface area (Å²) in [4.78, 5) is 11.4. The van der Waals surface area contributed by atoms with Gasteiger partial charge in [-0.25, -0.2) is 0 Å². The van der Waals surface area contributed by atoms with E-state index in [9.17, 15) is 4.79 Å². The van der Waals surface area contributed by atoms with Gasteiger partial charge in [-0.3, -0.25) is 9.48 Å². The molecule has 5 nitrogen and oxygen atoms in total. The minimum atomic E-state index is 0. The molecule has 1 aliphatic rings. The van der Waals surface area contributed by atoms with Crippen molar-refractivity contribution >= 4 is 5.78 Å². The highest BCUT2D eigenvalue weighted by Gasteiger charge is 2.26. The van der Waals surface area contributed by atoms with Crippen molar-refractivity contribution in [2.75, 3.05) is 0 Å². The van der Waals surface area contributed by atoms with Crippen LogP contribution in [0, 0.1) is 0 Å². The summed E-state index contributed by atoms with van der Waals surface area (Å²) in [5.74, 6) is 0.298. The Balaban J connectivity index is 0.00000112. The topological polar surface area (TPSA) is 59.8 Å². The van der Waals surface area contributed by atoms with Crippen LogP contribution in [0.25, 0.3) is 0 Å². The van der Waals surface area contributed by atoms with Crippen molar-refractivity contribution in [1.82, 2.24) is 20.3 Å². The van der Waals surface area contributed by atoms with Crippen molar-refractivity contribution in [3.63, 3.8) is 0 Å². The van der Waals surface area contributed by atoms with Crippen molar-refractivity contribution in [2.24, 2.45) is 7.05 Å². The minimum absolute atomic E-state index is 0. The Labute approximate surface area is 84.0 Å². The summed E-state index contributed by atoms with van der Waals surface area (Å²) in [6, 6.07) is 0.281. The molecule has 0 amide bonds. The van der Waals surface area contributed by atoms with Gasteiger partial charge in [0.25, 0.3) is 0 Å². The van der Waals surface area contributed by atoms with Gasteiger partial charge in [0.15, 0.2) is 0 Å². The average Bonchev–Trinajstić information content (AvgIpc) is 2.50. The highest BCUT2D eigenvalue weighted by Crippen LogP contribution is 2.21. The van der Waals surface area contributed by atoms with Crippen LogP contribution in [-0.2, 0) is 11.8 Å². The lowest BCUT2D eigenvalue weighted by Gasteiger charge is -2.26. The van der Waals surface area contributed by atoms with Gasteiger partial charge in [0, 0.05) is 33.6 Å². The zero-order chi connectivity index (χ0) is 10.1. The molecule has 1 saturated heterocycles. The standard InChI is InChI=1S/C9H14N4O.H2/c1-6-3-7(14)4-8(10-6)9-5-13(2)12-11-9;/h5-6,8,10H,3-4H2,1-2H3;1H/t6-,8-;/m0./s1. The van der Waals surface area contributed by atoms with Gasteiger partial charge in [-0.15, -0.1) is 5.10 Å². The van der Waals surface area contributed by atoms with E-state index >= 15 is 0 Å². The number of Topliss-reactive ketones (excluding diaryl/α,β-unsaturated/α-hetero) is 1. The second-order valence-corrected chi connectivity index (χ2v) is 3.88. The van der Waals surface area contributed by atoms with E-state index in [0.717, 1.165) is 5.69 Å². The third-order valence-corrected chi connectivity index (χ3v) is 2.43. The maximum atomic E-state index is 11.4. The van der Waals surface area contributed by atoms with E-state index in [1.165, 1.54) is 0 Å². The van der Waals surface area contributed by atoms with Crippen molar-refractivity contribution < 1.29 is 6.22 Å². The van der Waals surface area contributed by atoms with Crippen molar-refractivity contribution in [3.8, 4) is 0 Å². The molecule has 1 fully saturated rings. The second-order valence-electron chi connectivity index (χ2n) is 3.88. The fraction of sp³-hybridized carbons (Fsp3) is 0.667. The molecular formula is C9H16N4O. The number of carbonyl (C=O) groups excluding carboxylic acids is 1. The molecular weight excluding hydrogens is 180 g/mol. The molecule has 1 aromatic rings. The Morgan fingerprint density at radius 3 is 3.00 bits per heavy atom. The van der Waals surface area contributed by atoms with Crippen LogP contribution in [0.5, 0.6) is 0 Å². The van der Waals surface area contributed by atoms with Crippen LogP contribution in [-0.4, -0.2) is 26.8 Å². The number of aryl methyl sites for hydroxylation is 1. The lowest BCUT2D eigenvalue weighted by atomic mass is 9.97. The fourth-order valence-electron chi connectivity index (χ4n) is 1.83. The first-order chi connectivity index (χ1) is 6.65. The zero-order valence-corrected chi connectivity index (χ0v) is 8.40. The zero-order valence-electron chi connectivity index (χ0n) is 8.40. The molecule has 5 heteroatoms. The predicted octanol–water partition coefficient (Wildman–Crippen LogP) is 0.443. The highest BCUT2D eigenvalue weighted by atomic mass is 16.1. The molecule has 2 rings (SSSR count). The molecule has 0 saturated carbocycles. The van der Waals surface area contributed by atoms with E-state index in [0.29, 0.717) is 18.6 Å². The first kappa shape index (κ1) is 9.33. The van der Waals surface area contributed by atoms with Gasteiger partial charge in [-0.1, -0.05) is 5.21 Å². The number of hydrogen-bond acceptors (Lipinski definition) is 4. The lowest BCUT2D eigenvalue weighted by molar-refractivity contribution is -0.121. The number of nitrogens with zero attached hydrogens (tertiary/aromatic N) is 3. The van der Waals surface area contributed by atoms with Crippen LogP contribution in [0.1, 0.15) is 32.9 Å². The van der Waals surface area contributed by atoms with E-state index < -0.39 is 0 Å². The van der Waals surface area contributed by atoms with Crippen LogP contribution < -0.4 is 5.32 Å². The molecule has 1 aromatic heterocycles. The van der Waals surface area contributed by atoms with Gasteiger partial charge >= 0.3 is 0 Å². The summed E-state index contributed by atoms with van der Waals surface area (Å²) >= 11 is 0. The van der Waals surface area contributed by atoms with Crippen LogP contribution >= 0.6 is 0 Å². The molecule has 1 aliphatic heterocycles. The number of hydrogen-bond donors (Lipinski definition) is 1. The van der Waals surface area contributed by atoms with Gasteiger partial charge < -0.3 is 5.32 Å². The average molecular weight is 196 g/mol. The number of aromatic nitrogens is 3. The second kappa shape index (κ2) is 3.49. The van der Waals surface area contributed by atoms with Gasteiger partial charge in [-0.2, -0.15) is 0 Å². The molecule has 0 spiro atoms. The predicted molar refractivity (Wildman–Crippen MR) is 52.7 cm³/mol. The molecule has 1 N–H and O–H groups in total. The summed E-state index contributed by atoms with van der Waals surface area (Å²) in [5.41, 5.74) is 0.854. The number of nitrogens with one attached hydrogen (secondary N) is 1. The van der Waals surface area contributed by atoms with Crippen LogP contribution in [0.2, 0.25) is 0 Å². The quantitative estimate of drug-likeness (QED) is 0.708. The Morgan fingerprint density at radius 2 is 2.43 bits per heavy atom. The third-order valence-electron chi connectivity index (χ3n) is 2.43. The summed E-state index contributed by atoms with van der Waals surface area (Å²) in [6.07, 6.45) is 3.00. The van der Waals surface area contributed by atoms with E-state index in [1.807, 2.05) is 20.2 Å². The maximum Gasteiger partial charge on any atom is 0.136 e. The largest absolute Gasteiger partial charge is 0.305 e. The molecule has 0 bridgehead atoms. The molecule has 0 aromatic carbocycles. The van der Waals surface area contributed by atoms with E-state index in [2.05, 4.69) is 15.6 Å². The Bertz CT molecular complexity index is 352. The summed E-state index contributed by atoms with van der Waals surface area (Å²) in [5, 5.41) is 11.2. The fourth-order valence-corrected chi connectivity index (χ4v) is 1.83. The smallest absolute Gasteiger partial charge is 0.136 e. The van der Waals surface area contributed by atoms with E-state index in [-0.39, 0.29) is 13.5 Å². The molecule has 0 aliphatic carbocycles. The van der Waals surface area contributed by atoms with E-state index in [4.69, 9.17) is 0 Å². The molecule has 2 heterocycles. The molecule has 14 heavy (non-hydrogen) atoms. The van der Waals surface area contributed by atoms with Crippen molar-refractivity contribution in [2.45, 2.75) is 31.8 Å². The van der Waals surface area contributed by atoms with Crippen LogP contribution in [0.3, 0.4) is 0 Å². The summed E-state index contributed by atoms with van der Waals surface area (Å²) < 4.78 is 1.65. The van der Waals surface area contributed by atoms with Crippen LogP contribution in [0.4, 0.5) is 0 Å². The minimum Gasteiger partial charge on any atom is -0.305 e. The van der Waals surface area contributed by atoms with Gasteiger partial charge in [0.2, 0.25) is 0 Å². The van der Waals surface area contributed by atoms with Gasteiger partial charge in [-0.05, 0) is 6.92 Å². The lowest BCUT2D eigenvalue weighted by Crippen LogP contribution is -2.39. The maximum absolute atomic E-state index is 11.4. The highest BCUT2D eigenvalue weighted by molar-refractivity contribution is 5.80. The SMILES string of the molecule is C[C@H]1CC(=O)C[C@@H](c2cn(C)nn2)N1.[HH]. The summed E-state index contributed by atoms with van der Waals surface area (Å²) in [6.45, 7) is 2.01. The monoisotopic (exact) mass is 196 g/mol. The first-order valence-corrected chi connectivity index (χ1v) is 4.79. The number of carbonyl (C=O) groups is 1. The molecule has 0 radical (unpaired) electrons. The number of rotatable bonds is 1. The van der Waals surface area contributed by atoms with Gasteiger partial charge in [0.05, 0.1) is 6.04 Å². The van der Waals surface area contributed by atoms with Crippen molar-refractivity contribution in [3.05, 3.63) is 11.9 Å². The number of piperidine rings is 1.